The summed E-state index contributed by atoms with van der Waals surface area (Å²) >= 11 is 0. The summed E-state index contributed by atoms with van der Waals surface area (Å²) in [5.41, 5.74) is 0.437. The summed E-state index contributed by atoms with van der Waals surface area (Å²) in [6.45, 7) is 10.7. The van der Waals surface area contributed by atoms with Crippen LogP contribution in [0.25, 0.3) is 0 Å². The predicted octanol–water partition coefficient (Wildman–Crippen LogP) is 5.02. The lowest BCUT2D eigenvalue weighted by Gasteiger charge is -2.67. The van der Waals surface area contributed by atoms with Gasteiger partial charge in [-0.1, -0.05) is 38.8 Å². The van der Waals surface area contributed by atoms with Gasteiger partial charge in [-0.3, -0.25) is 9.59 Å². The van der Waals surface area contributed by atoms with Crippen LogP contribution in [-0.2, 0) is 9.59 Å². The summed E-state index contributed by atoms with van der Waals surface area (Å²) in [6, 6.07) is 0. The molecule has 3 saturated carbocycles. The van der Waals surface area contributed by atoms with Crippen LogP contribution in [0, 0.1) is 44.8 Å². The number of aliphatic hydroxyl groups is 2. The van der Waals surface area contributed by atoms with E-state index in [9.17, 15) is 30.0 Å². The second-order valence-corrected chi connectivity index (χ2v) is 14.3. The van der Waals surface area contributed by atoms with E-state index < -0.39 is 40.4 Å². The third-order valence-corrected chi connectivity index (χ3v) is 12.2. The first kappa shape index (κ1) is 25.3. The minimum absolute atomic E-state index is 0.0823. The maximum absolute atomic E-state index is 12.7. The van der Waals surface area contributed by atoms with Crippen molar-refractivity contribution in [2.45, 2.75) is 111 Å². The van der Waals surface area contributed by atoms with E-state index >= 15 is 0 Å². The molecular weight excluding hydrogens is 444 g/mol. The number of rotatable bonds is 2. The lowest BCUT2D eigenvalue weighted by Crippen LogP contribution is -2.66. The number of carboxylic acid groups (broad SMARTS) is 2. The average Bonchev–Trinajstić information content (AvgIpc) is 2.76. The van der Waals surface area contributed by atoms with Crippen molar-refractivity contribution in [2.24, 2.45) is 44.8 Å². The lowest BCUT2D eigenvalue weighted by molar-refractivity contribution is -0.224. The second kappa shape index (κ2) is 7.56. The van der Waals surface area contributed by atoms with E-state index in [1.165, 1.54) is 11.1 Å². The fraction of sp³-hybridized carbons (Fsp3) is 0.862. The van der Waals surface area contributed by atoms with Crippen LogP contribution < -0.4 is 0 Å². The summed E-state index contributed by atoms with van der Waals surface area (Å²) < 4.78 is 0. The van der Waals surface area contributed by atoms with E-state index in [1.54, 1.807) is 6.92 Å². The molecule has 0 aromatic carbocycles. The SMILES string of the molecule is CC1(C)CC[C@@]2(C(=O)O)CCC3=C(CC[C@@H]4[C@@]5(C)C[C@H](O)[C@H](O)[C@@](C)(C(=O)O)[C@@H]5CC[C@@]34C)[C@@H]2C1. The number of carboxylic acids is 2. The molecule has 5 rings (SSSR count). The summed E-state index contributed by atoms with van der Waals surface area (Å²) in [7, 11) is 0. The number of hydrogen-bond acceptors (Lipinski definition) is 4. The number of allylic oxidation sites excluding steroid dienone is 2. The van der Waals surface area contributed by atoms with Crippen molar-refractivity contribution in [2.75, 3.05) is 0 Å². The zero-order chi connectivity index (χ0) is 25.8. The van der Waals surface area contributed by atoms with Crippen LogP contribution >= 0.6 is 0 Å². The highest BCUT2D eigenvalue weighted by Gasteiger charge is 2.68. The molecule has 0 aliphatic heterocycles. The number of aliphatic hydroxyl groups excluding tert-OH is 2. The van der Waals surface area contributed by atoms with Crippen LogP contribution in [0.1, 0.15) is 98.8 Å². The van der Waals surface area contributed by atoms with Crippen molar-refractivity contribution in [1.29, 1.82) is 0 Å². The Bertz CT molecular complexity index is 984. The van der Waals surface area contributed by atoms with E-state index in [2.05, 4.69) is 27.7 Å². The van der Waals surface area contributed by atoms with Gasteiger partial charge >= 0.3 is 11.9 Å². The van der Waals surface area contributed by atoms with Gasteiger partial charge in [0.2, 0.25) is 0 Å². The molecule has 196 valence electrons. The third kappa shape index (κ3) is 3.14. The molecule has 5 aliphatic carbocycles. The van der Waals surface area contributed by atoms with Gasteiger partial charge in [0.05, 0.1) is 23.0 Å². The maximum atomic E-state index is 12.7. The Morgan fingerprint density at radius 1 is 0.800 bits per heavy atom. The fourth-order valence-corrected chi connectivity index (χ4v) is 10.3. The molecule has 0 amide bonds. The molecule has 5 aliphatic rings. The first-order chi connectivity index (χ1) is 16.1. The van der Waals surface area contributed by atoms with Crippen LogP contribution in [0.4, 0.5) is 0 Å². The number of aliphatic carboxylic acids is 2. The van der Waals surface area contributed by atoms with Gasteiger partial charge in [-0.15, -0.1) is 0 Å². The molecule has 0 spiro atoms. The quantitative estimate of drug-likeness (QED) is 0.406. The van der Waals surface area contributed by atoms with Gasteiger partial charge in [0.15, 0.2) is 0 Å². The lowest BCUT2D eigenvalue weighted by atomic mass is 9.38. The molecule has 6 heteroatoms. The summed E-state index contributed by atoms with van der Waals surface area (Å²) in [5.74, 6) is -1.57. The zero-order valence-electron chi connectivity index (χ0n) is 22.1. The van der Waals surface area contributed by atoms with Crippen LogP contribution in [0.3, 0.4) is 0 Å². The second-order valence-electron chi connectivity index (χ2n) is 14.3. The van der Waals surface area contributed by atoms with Gasteiger partial charge in [0.25, 0.3) is 0 Å². The summed E-state index contributed by atoms with van der Waals surface area (Å²) in [5, 5.41) is 42.3. The maximum Gasteiger partial charge on any atom is 0.312 e. The number of carbonyl (C=O) groups is 2. The van der Waals surface area contributed by atoms with Crippen molar-refractivity contribution < 1.29 is 30.0 Å². The van der Waals surface area contributed by atoms with E-state index in [4.69, 9.17) is 0 Å². The van der Waals surface area contributed by atoms with Gasteiger partial charge in [0, 0.05) is 0 Å². The number of hydrogen-bond donors (Lipinski definition) is 4. The normalized spacial score (nSPS) is 50.9. The first-order valence-electron chi connectivity index (χ1n) is 13.7. The Morgan fingerprint density at radius 3 is 2.11 bits per heavy atom. The van der Waals surface area contributed by atoms with Crippen molar-refractivity contribution in [3.63, 3.8) is 0 Å². The molecule has 6 nitrogen and oxygen atoms in total. The van der Waals surface area contributed by atoms with Crippen molar-refractivity contribution in [3.8, 4) is 0 Å². The minimum atomic E-state index is -1.37. The highest BCUT2D eigenvalue weighted by molar-refractivity contribution is 5.77. The minimum Gasteiger partial charge on any atom is -0.481 e. The van der Waals surface area contributed by atoms with Crippen LogP contribution in [0.2, 0.25) is 0 Å². The third-order valence-electron chi connectivity index (χ3n) is 12.2. The Labute approximate surface area is 209 Å². The standard InChI is InChI=1S/C29H44O6/c1-25(2)12-13-29(24(34)35)11-8-17-16(18(29)14-25)6-7-20-26(17,3)10-9-21-27(20,4)15-19(30)22(31)28(21,5)23(32)33/h18-22,30-31H,6-15H2,1-5H3,(H,32,33)(H,34,35)/t18-,19-,20-,21+,22-,26-,27+,28-,29-/m0/s1. The topological polar surface area (TPSA) is 115 Å². The van der Waals surface area contributed by atoms with E-state index in [-0.39, 0.29) is 28.6 Å². The largest absolute Gasteiger partial charge is 0.481 e. The van der Waals surface area contributed by atoms with Gasteiger partial charge in [-0.2, -0.15) is 0 Å². The van der Waals surface area contributed by atoms with Crippen molar-refractivity contribution >= 4 is 11.9 Å². The fourth-order valence-electron chi connectivity index (χ4n) is 10.3. The molecule has 0 heterocycles. The Balaban J connectivity index is 1.59. The molecule has 3 fully saturated rings. The van der Waals surface area contributed by atoms with Crippen LogP contribution in [0.15, 0.2) is 11.1 Å². The Hall–Kier alpha value is -1.40. The van der Waals surface area contributed by atoms with Gasteiger partial charge in [-0.25, -0.2) is 0 Å². The molecule has 0 aromatic heterocycles. The van der Waals surface area contributed by atoms with Gasteiger partial charge in [-0.05, 0) is 105 Å². The molecule has 9 atom stereocenters. The molecule has 0 aromatic rings. The molecular formula is C29H44O6. The highest BCUT2D eigenvalue weighted by atomic mass is 16.4. The van der Waals surface area contributed by atoms with E-state index in [1.807, 2.05) is 0 Å². The molecule has 0 unspecified atom stereocenters. The zero-order valence-corrected chi connectivity index (χ0v) is 22.1. The number of fused-ring (bicyclic) bond motifs is 6. The van der Waals surface area contributed by atoms with Gasteiger partial charge < -0.3 is 20.4 Å². The average molecular weight is 489 g/mol. The van der Waals surface area contributed by atoms with Gasteiger partial charge in [0.1, 0.15) is 0 Å². The van der Waals surface area contributed by atoms with Crippen LogP contribution in [0.5, 0.6) is 0 Å². The van der Waals surface area contributed by atoms with Crippen molar-refractivity contribution in [1.82, 2.24) is 0 Å². The Kier molecular flexibility index (Phi) is 5.46. The molecule has 0 bridgehead atoms. The molecule has 0 saturated heterocycles. The molecule has 4 N–H and O–H groups in total. The first-order valence-corrected chi connectivity index (χ1v) is 13.7. The Morgan fingerprint density at radius 2 is 1.49 bits per heavy atom. The predicted molar refractivity (Wildman–Crippen MR) is 131 cm³/mol. The highest BCUT2D eigenvalue weighted by Crippen LogP contribution is 2.71. The summed E-state index contributed by atoms with van der Waals surface area (Å²) in [6.07, 6.45) is 5.54. The molecule has 0 radical (unpaired) electrons. The summed E-state index contributed by atoms with van der Waals surface area (Å²) in [4.78, 5) is 25.1. The van der Waals surface area contributed by atoms with Crippen LogP contribution in [-0.4, -0.2) is 44.6 Å². The smallest absolute Gasteiger partial charge is 0.312 e. The monoisotopic (exact) mass is 488 g/mol. The van der Waals surface area contributed by atoms with Crippen molar-refractivity contribution in [3.05, 3.63) is 11.1 Å². The molecule has 35 heavy (non-hydrogen) atoms. The van der Waals surface area contributed by atoms with E-state index in [0.29, 0.717) is 19.3 Å². The van der Waals surface area contributed by atoms with E-state index in [0.717, 1.165) is 44.9 Å².